The zero-order chi connectivity index (χ0) is 24.0. The third kappa shape index (κ3) is 3.59. The fourth-order valence-corrected chi connectivity index (χ4v) is 3.90. The lowest BCUT2D eigenvalue weighted by atomic mass is 10.1. The molecule has 4 atom stereocenters. The van der Waals surface area contributed by atoms with E-state index in [0.29, 0.717) is 29.9 Å². The molecule has 0 bridgehead atoms. The lowest BCUT2D eigenvalue weighted by Crippen LogP contribution is -2.30. The van der Waals surface area contributed by atoms with Crippen LogP contribution < -0.4 is 10.1 Å². The highest BCUT2D eigenvalue weighted by atomic mass is 16.6. The number of aliphatic hydroxyl groups is 1. The molecule has 2 fully saturated rings. The van der Waals surface area contributed by atoms with Crippen LogP contribution in [0.1, 0.15) is 22.8 Å². The Kier molecular flexibility index (Phi) is 4.15. The Bertz CT molecular complexity index is 1250. The molecule has 0 aromatic carbocycles. The number of anilines is 2. The first-order valence-electron chi connectivity index (χ1n) is 11.4. The number of aliphatic hydroxyl groups excluding tert-OH is 1. The van der Waals surface area contributed by atoms with Crippen LogP contribution >= 0.6 is 0 Å². The Hall–Kier alpha value is -3.20. The quantitative estimate of drug-likeness (QED) is 0.613. The van der Waals surface area contributed by atoms with Crippen molar-refractivity contribution in [2.45, 2.75) is 25.2 Å². The molecule has 11 nitrogen and oxygen atoms in total. The molecule has 0 unspecified atom stereocenters. The van der Waals surface area contributed by atoms with E-state index in [1.165, 1.54) is 6.20 Å². The highest BCUT2D eigenvalue weighted by Crippen LogP contribution is 2.32. The number of aryl methyl sites for hydroxylation is 1. The lowest BCUT2D eigenvalue weighted by Gasteiger charge is -2.18. The summed E-state index contributed by atoms with van der Waals surface area (Å²) in [5.41, 5.74) is 1.23. The summed E-state index contributed by atoms with van der Waals surface area (Å²) < 4.78 is 42.2. The van der Waals surface area contributed by atoms with E-state index >= 15 is 0 Å². The molecule has 31 heavy (non-hydrogen) atoms. The molecule has 0 spiro atoms. The van der Waals surface area contributed by atoms with Crippen molar-refractivity contribution in [3.05, 3.63) is 24.2 Å². The van der Waals surface area contributed by atoms with Crippen molar-refractivity contribution in [2.24, 2.45) is 12.9 Å². The smallest absolute Gasteiger partial charge is 0.257 e. The molecule has 162 valence electrons. The van der Waals surface area contributed by atoms with Gasteiger partial charge in [-0.1, -0.05) is 6.92 Å². The van der Waals surface area contributed by atoms with E-state index in [4.69, 9.17) is 18.3 Å². The number of fused-ring (bicyclic) bond motifs is 1. The number of aromatic nitrogens is 5. The van der Waals surface area contributed by atoms with Gasteiger partial charge in [-0.15, -0.1) is 5.10 Å². The number of nitrogens with one attached hydrogen (secondary N) is 1. The summed E-state index contributed by atoms with van der Waals surface area (Å²) in [4.78, 5) is 8.92. The van der Waals surface area contributed by atoms with Crippen LogP contribution in [0, 0.1) is 17.2 Å². The molecule has 2 aliphatic rings. The summed E-state index contributed by atoms with van der Waals surface area (Å²) in [5, 5.41) is 27.4. The Morgan fingerprint density at radius 1 is 1.35 bits per heavy atom. The van der Waals surface area contributed by atoms with Crippen LogP contribution in [-0.2, 0) is 16.4 Å². The van der Waals surface area contributed by atoms with Gasteiger partial charge in [-0.2, -0.15) is 10.2 Å². The molecule has 0 radical (unpaired) electrons. The highest BCUT2D eigenvalue weighted by molar-refractivity contribution is 5.79. The van der Waals surface area contributed by atoms with Gasteiger partial charge in [-0.05, 0) is 6.07 Å². The third-order valence-electron chi connectivity index (χ3n) is 5.54. The van der Waals surface area contributed by atoms with Crippen molar-refractivity contribution in [3.8, 4) is 11.9 Å². The predicted molar refractivity (Wildman–Crippen MR) is 109 cm³/mol. The summed E-state index contributed by atoms with van der Waals surface area (Å²) in [6.07, 6.45) is 1.31. The fourth-order valence-electron chi connectivity index (χ4n) is 3.90. The van der Waals surface area contributed by atoms with Crippen LogP contribution in [0.25, 0.3) is 11.0 Å². The second-order valence-electron chi connectivity index (χ2n) is 7.74. The minimum absolute atomic E-state index is 0.0275. The molecule has 2 saturated heterocycles. The maximum atomic E-state index is 10.0. The standard InChI is InChI=1S/C20H23N7O4/c1-11-7-29-8-15(11)27-13(4-21)3-12-5-22-20(24-18(12)27)23-14-6-26(2)25-19(14)31-17-10-30-9-16(17)28/h3,5-6,11,15-17,28H,7-10H2,1-2H3,(H,22,23,24)/t11-,15-,16+,17+/m0/s1/i2D3. The van der Waals surface area contributed by atoms with Crippen LogP contribution in [-0.4, -0.2) is 68.1 Å². The molecule has 5 heterocycles. The predicted octanol–water partition coefficient (Wildman–Crippen LogP) is 1.13. The average Bonchev–Trinajstić information content (AvgIpc) is 3.55. The van der Waals surface area contributed by atoms with Gasteiger partial charge in [-0.3, -0.25) is 4.68 Å². The van der Waals surface area contributed by atoms with Gasteiger partial charge in [-0.25, -0.2) is 4.98 Å². The van der Waals surface area contributed by atoms with E-state index in [0.717, 1.165) is 4.68 Å². The molecule has 2 aliphatic heterocycles. The molecule has 0 aliphatic carbocycles. The van der Waals surface area contributed by atoms with Crippen molar-refractivity contribution in [3.63, 3.8) is 0 Å². The number of nitrogens with zero attached hydrogens (tertiary/aromatic N) is 6. The molecule has 5 rings (SSSR count). The maximum absolute atomic E-state index is 10.0. The van der Waals surface area contributed by atoms with E-state index in [2.05, 4.69) is 33.4 Å². The van der Waals surface area contributed by atoms with Crippen LogP contribution in [0.3, 0.4) is 0 Å². The SMILES string of the molecule is [2H]C([2H])([2H])n1cc(Nc2ncc3cc(C#N)n([C@H]4COC[C@@H]4C)c3n2)c(O[C@@H]2COC[C@H]2O)n1. The topological polar surface area (TPSA) is 132 Å². The number of rotatable bonds is 5. The van der Waals surface area contributed by atoms with Crippen LogP contribution in [0.15, 0.2) is 18.5 Å². The van der Waals surface area contributed by atoms with E-state index in [9.17, 15) is 10.4 Å². The zero-order valence-corrected chi connectivity index (χ0v) is 16.7. The number of hydrogen-bond acceptors (Lipinski definition) is 9. The van der Waals surface area contributed by atoms with E-state index in [1.54, 1.807) is 12.3 Å². The molecular weight excluding hydrogens is 402 g/mol. The molecule has 11 heteroatoms. The van der Waals surface area contributed by atoms with Crippen molar-refractivity contribution >= 4 is 22.7 Å². The number of nitriles is 1. The largest absolute Gasteiger partial charge is 0.466 e. The summed E-state index contributed by atoms with van der Waals surface area (Å²) >= 11 is 0. The molecule has 0 saturated carbocycles. The van der Waals surface area contributed by atoms with Crippen molar-refractivity contribution in [2.75, 3.05) is 31.7 Å². The van der Waals surface area contributed by atoms with Gasteiger partial charge in [0.05, 0.1) is 38.7 Å². The Labute approximate surface area is 182 Å². The molecule has 3 aromatic heterocycles. The first kappa shape index (κ1) is 16.5. The summed E-state index contributed by atoms with van der Waals surface area (Å²) in [7, 11) is 0. The Morgan fingerprint density at radius 2 is 2.23 bits per heavy atom. The Morgan fingerprint density at radius 3 is 2.94 bits per heavy atom. The summed E-state index contributed by atoms with van der Waals surface area (Å²) in [6, 6.07) is 3.90. The van der Waals surface area contributed by atoms with Crippen molar-refractivity contribution < 1.29 is 23.4 Å². The van der Waals surface area contributed by atoms with Gasteiger partial charge >= 0.3 is 0 Å². The number of ether oxygens (including phenoxy) is 3. The third-order valence-corrected chi connectivity index (χ3v) is 5.54. The molecule has 3 aromatic rings. The van der Waals surface area contributed by atoms with Gasteiger partial charge in [0.15, 0.2) is 6.10 Å². The minimum atomic E-state index is -2.54. The van der Waals surface area contributed by atoms with Gasteiger partial charge in [0.25, 0.3) is 5.88 Å². The van der Waals surface area contributed by atoms with Crippen molar-refractivity contribution in [1.29, 1.82) is 5.26 Å². The highest BCUT2D eigenvalue weighted by Gasteiger charge is 2.31. The fraction of sp³-hybridized carbons (Fsp3) is 0.500. The minimum Gasteiger partial charge on any atom is -0.466 e. The molecule has 0 amide bonds. The second-order valence-corrected chi connectivity index (χ2v) is 7.74. The van der Waals surface area contributed by atoms with Crippen LogP contribution in [0.4, 0.5) is 11.6 Å². The first-order chi connectivity index (χ1) is 16.2. The zero-order valence-electron chi connectivity index (χ0n) is 19.7. The number of hydrogen-bond donors (Lipinski definition) is 2. The summed E-state index contributed by atoms with van der Waals surface area (Å²) in [5.74, 6) is 0.341. The van der Waals surface area contributed by atoms with E-state index < -0.39 is 19.2 Å². The van der Waals surface area contributed by atoms with E-state index in [1.807, 2.05) is 4.57 Å². The average molecular weight is 428 g/mol. The van der Waals surface area contributed by atoms with Gasteiger partial charge < -0.3 is 29.2 Å². The van der Waals surface area contributed by atoms with Gasteiger partial charge in [0.1, 0.15) is 29.2 Å². The lowest BCUT2D eigenvalue weighted by molar-refractivity contribution is 0.0704. The second kappa shape index (κ2) is 7.81. The summed E-state index contributed by atoms with van der Waals surface area (Å²) in [6.45, 7) is 0.852. The Balaban J connectivity index is 1.51. The van der Waals surface area contributed by atoms with Crippen LogP contribution in [0.2, 0.25) is 0 Å². The maximum Gasteiger partial charge on any atom is 0.257 e. The van der Waals surface area contributed by atoms with E-state index in [-0.39, 0.29) is 42.7 Å². The monoisotopic (exact) mass is 428 g/mol. The molecular formula is C20H23N7O4. The first-order valence-corrected chi connectivity index (χ1v) is 9.90. The van der Waals surface area contributed by atoms with Crippen LogP contribution in [0.5, 0.6) is 5.88 Å². The molecule has 2 N–H and O–H groups in total. The van der Waals surface area contributed by atoms with Gasteiger partial charge in [0, 0.05) is 28.6 Å². The normalized spacial score (nSPS) is 27.6. The van der Waals surface area contributed by atoms with Crippen molar-refractivity contribution in [1.82, 2.24) is 24.3 Å². The van der Waals surface area contributed by atoms with Gasteiger partial charge in [0.2, 0.25) is 5.95 Å².